The number of hydrogen-bond acceptors (Lipinski definition) is 0. The van der Waals surface area contributed by atoms with Crippen LogP contribution in [0, 0.1) is 20.8 Å². The highest BCUT2D eigenvalue weighted by molar-refractivity contribution is 6.26. The summed E-state index contributed by atoms with van der Waals surface area (Å²) >= 11 is 0. The minimum Gasteiger partial charge on any atom is -0.309 e. The molecule has 0 spiro atoms. The molecule has 4 aromatic heterocycles. The minimum absolute atomic E-state index is 0.0136. The van der Waals surface area contributed by atoms with Gasteiger partial charge in [-0.3, -0.25) is 0 Å². The summed E-state index contributed by atoms with van der Waals surface area (Å²) < 4.78 is 7.37. The molecule has 0 saturated carbocycles. The van der Waals surface area contributed by atoms with E-state index in [0.717, 1.165) is 0 Å². The number of hydrogen-bond donors (Lipinski definition) is 0. The van der Waals surface area contributed by atoms with E-state index in [2.05, 4.69) is 341 Å². The van der Waals surface area contributed by atoms with Gasteiger partial charge in [0.05, 0.1) is 44.3 Å². The lowest BCUT2D eigenvalue weighted by Gasteiger charge is -2.34. The number of benzene rings is 13. The molecule has 0 amide bonds. The Morgan fingerprint density at radius 3 is 1.22 bits per heavy atom. The van der Waals surface area contributed by atoms with Crippen molar-refractivity contribution in [3.05, 3.63) is 318 Å². The average Bonchev–Trinajstić information content (AvgIpc) is 1.50. The second kappa shape index (κ2) is 20.2. The van der Waals surface area contributed by atoms with Crippen molar-refractivity contribution in [3.63, 3.8) is 0 Å². The van der Waals surface area contributed by atoms with Crippen molar-refractivity contribution >= 4 is 81.7 Å². The normalized spacial score (nSPS) is 13.5. The Hall–Kier alpha value is -10.7. The van der Waals surface area contributed by atoms with Crippen LogP contribution in [0.15, 0.2) is 279 Å². The predicted molar refractivity (Wildman–Crippen MR) is 383 cm³/mol. The van der Waals surface area contributed by atoms with Crippen LogP contribution in [0.2, 0.25) is 0 Å². The largest absolute Gasteiger partial charge is 0.309 e. The zero-order chi connectivity index (χ0) is 60.7. The highest BCUT2D eigenvalue weighted by Crippen LogP contribution is 2.52. The summed E-state index contributed by atoms with van der Waals surface area (Å²) in [6.07, 6.45) is 0. The molecule has 2 aliphatic heterocycles. The monoisotopic (exact) mass is 1150 g/mol. The summed E-state index contributed by atoms with van der Waals surface area (Å²) in [5, 5.41) is 10.7. The maximum Gasteiger partial charge on any atom is 0.0620 e. The molecule has 17 aromatic rings. The van der Waals surface area contributed by atoms with E-state index in [9.17, 15) is 0 Å². The first-order valence-electron chi connectivity index (χ1n) is 31.7. The van der Waals surface area contributed by atoms with Crippen LogP contribution in [0.5, 0.6) is 0 Å². The molecule has 3 heteroatoms. The molecule has 430 valence electrons. The Labute approximate surface area is 525 Å². The molecule has 0 bridgehead atoms. The lowest BCUT2D eigenvalue weighted by atomic mass is 9.74. The molecule has 90 heavy (non-hydrogen) atoms. The van der Waals surface area contributed by atoms with Crippen molar-refractivity contribution in [2.75, 3.05) is 0 Å². The van der Waals surface area contributed by atoms with Crippen LogP contribution >= 0.6 is 0 Å². The van der Waals surface area contributed by atoms with Crippen molar-refractivity contribution in [1.29, 1.82) is 0 Å². The summed E-state index contributed by atoms with van der Waals surface area (Å²) in [4.78, 5) is 0. The standard InChI is InChI=1S/C31H23N.C28H21N.C28H23N/c1-22-11-13-23(14-12-22)24-15-17-25(18-16-24)26-19-20-31-29(21-26)28-9-5-6-10-30(28)32(31)27-7-3-2-4-8-27;1-16-10-12-17(13-11-16)18-14-22-21-7-4-6-19-20-8-5-9-23-26(20)29(25(19)21)27(22)24(15-18)28(23,2)3;1-18-11-13-19(14-12-18)20-15-16-25-22(17-20)21-7-6-9-24-27(21)29(25)26-10-5-4-8-23(26)28(24,2)3/h2-21H,1H3;4-15H,1-3H3;4-17H,1-3H3. The van der Waals surface area contributed by atoms with Crippen LogP contribution in [0.25, 0.3) is 138 Å². The second-order valence-electron chi connectivity index (χ2n) is 26.3. The number of para-hydroxylation sites is 6. The zero-order valence-corrected chi connectivity index (χ0v) is 51.9. The molecule has 2 aliphatic rings. The van der Waals surface area contributed by atoms with Crippen LogP contribution in [0.4, 0.5) is 0 Å². The number of aryl methyl sites for hydroxylation is 3. The van der Waals surface area contributed by atoms with E-state index in [4.69, 9.17) is 0 Å². The van der Waals surface area contributed by atoms with E-state index in [1.54, 1.807) is 0 Å². The van der Waals surface area contributed by atoms with Gasteiger partial charge in [-0.1, -0.05) is 263 Å². The van der Waals surface area contributed by atoms with E-state index >= 15 is 0 Å². The van der Waals surface area contributed by atoms with Crippen LogP contribution in [-0.4, -0.2) is 13.5 Å². The van der Waals surface area contributed by atoms with Gasteiger partial charge in [-0.05, 0) is 148 Å². The van der Waals surface area contributed by atoms with Crippen molar-refractivity contribution in [1.82, 2.24) is 13.5 Å². The van der Waals surface area contributed by atoms with Crippen LogP contribution in [-0.2, 0) is 10.8 Å². The molecular weight excluding hydrogens is 1090 g/mol. The van der Waals surface area contributed by atoms with Crippen LogP contribution in [0.3, 0.4) is 0 Å². The van der Waals surface area contributed by atoms with Gasteiger partial charge in [0.2, 0.25) is 0 Å². The summed E-state index contributed by atoms with van der Waals surface area (Å²) in [5.41, 5.74) is 31.4. The molecule has 0 saturated heterocycles. The maximum absolute atomic E-state index is 2.55. The van der Waals surface area contributed by atoms with Gasteiger partial charge in [0.25, 0.3) is 0 Å². The van der Waals surface area contributed by atoms with Crippen molar-refractivity contribution in [3.8, 4) is 55.9 Å². The highest BCUT2D eigenvalue weighted by atomic mass is 15.0. The molecule has 6 heterocycles. The van der Waals surface area contributed by atoms with Gasteiger partial charge in [-0.25, -0.2) is 0 Å². The first kappa shape index (κ1) is 53.5. The molecule has 3 nitrogen and oxygen atoms in total. The summed E-state index contributed by atoms with van der Waals surface area (Å²) in [6, 6.07) is 102. The third kappa shape index (κ3) is 8.12. The molecule has 0 radical (unpaired) electrons. The van der Waals surface area contributed by atoms with E-state index < -0.39 is 0 Å². The third-order valence-corrected chi connectivity index (χ3v) is 20.1. The fraction of sp³-hybridized carbons (Fsp3) is 0.103. The summed E-state index contributed by atoms with van der Waals surface area (Å²) in [7, 11) is 0. The van der Waals surface area contributed by atoms with Crippen molar-refractivity contribution in [2.24, 2.45) is 0 Å². The Bertz CT molecular complexity index is 5690. The van der Waals surface area contributed by atoms with Gasteiger partial charge in [-0.15, -0.1) is 0 Å². The van der Waals surface area contributed by atoms with E-state index in [-0.39, 0.29) is 10.8 Å². The molecule has 13 aromatic carbocycles. The topological polar surface area (TPSA) is 14.3 Å². The molecule has 0 N–H and O–H groups in total. The molecular formula is C87H67N3. The Balaban J connectivity index is 0.000000104. The SMILES string of the molecule is Cc1ccc(-c2cc3c4c(c2)c2cccc5c6cccc(c6n4c52)C3(C)C)cc1.Cc1ccc(-c2ccc(-c3ccc4c(c3)c3ccccc3n4-c3ccccc3)cc2)cc1.Cc1ccc(-c2ccc3c(c2)c2cccc4c2n3-c2ccccc2C4(C)C)cc1. The minimum atomic E-state index is -0.0362. The maximum atomic E-state index is 2.55. The second-order valence-corrected chi connectivity index (χ2v) is 26.3. The fourth-order valence-corrected chi connectivity index (χ4v) is 15.4. The Kier molecular flexibility index (Phi) is 12.0. The summed E-state index contributed by atoms with van der Waals surface area (Å²) in [5.74, 6) is 0. The lowest BCUT2D eigenvalue weighted by Crippen LogP contribution is -2.26. The Morgan fingerprint density at radius 1 is 0.233 bits per heavy atom. The van der Waals surface area contributed by atoms with Gasteiger partial charge in [0.1, 0.15) is 0 Å². The van der Waals surface area contributed by atoms with Gasteiger partial charge >= 0.3 is 0 Å². The fourth-order valence-electron chi connectivity index (χ4n) is 15.4. The molecule has 19 rings (SSSR count). The van der Waals surface area contributed by atoms with Crippen molar-refractivity contribution < 1.29 is 0 Å². The van der Waals surface area contributed by atoms with Crippen molar-refractivity contribution in [2.45, 2.75) is 59.3 Å². The number of rotatable bonds is 5. The average molecular weight is 1150 g/mol. The smallest absolute Gasteiger partial charge is 0.0620 e. The zero-order valence-electron chi connectivity index (χ0n) is 51.9. The highest BCUT2D eigenvalue weighted by Gasteiger charge is 2.37. The van der Waals surface area contributed by atoms with Gasteiger partial charge in [0.15, 0.2) is 0 Å². The molecule has 0 aliphatic carbocycles. The molecule has 0 unspecified atom stereocenters. The van der Waals surface area contributed by atoms with E-state index in [1.165, 1.54) is 177 Å². The van der Waals surface area contributed by atoms with Crippen LogP contribution < -0.4 is 0 Å². The molecule has 0 atom stereocenters. The van der Waals surface area contributed by atoms with Gasteiger partial charge in [-0.2, -0.15) is 0 Å². The van der Waals surface area contributed by atoms with Gasteiger partial charge in [0, 0.05) is 59.6 Å². The van der Waals surface area contributed by atoms with Gasteiger partial charge < -0.3 is 13.5 Å². The number of fused-ring (bicyclic) bond motifs is 10. The van der Waals surface area contributed by atoms with Crippen LogP contribution in [0.1, 0.15) is 66.6 Å². The Morgan fingerprint density at radius 2 is 0.611 bits per heavy atom. The predicted octanol–water partition coefficient (Wildman–Crippen LogP) is 23.3. The first-order chi connectivity index (χ1) is 43.9. The third-order valence-electron chi connectivity index (χ3n) is 20.1. The lowest BCUT2D eigenvalue weighted by molar-refractivity contribution is 0.630. The number of nitrogens with zero attached hydrogens (tertiary/aromatic N) is 3. The quantitative estimate of drug-likeness (QED) is 0.163. The van der Waals surface area contributed by atoms with E-state index in [1.807, 2.05) is 0 Å². The summed E-state index contributed by atoms with van der Waals surface area (Å²) in [6.45, 7) is 15.9. The molecule has 0 fully saturated rings. The number of aromatic nitrogens is 3. The first-order valence-corrected chi connectivity index (χ1v) is 31.7. The van der Waals surface area contributed by atoms with E-state index in [0.29, 0.717) is 0 Å².